The number of nitrogens with zero attached hydrogens (tertiary/aromatic N) is 1. The fraction of sp³-hybridized carbons (Fsp3) is 0.595. The quantitative estimate of drug-likeness (QED) is 0.216. The molecule has 2 unspecified atom stereocenters. The van der Waals surface area contributed by atoms with Crippen LogP contribution in [0.15, 0.2) is 48.5 Å². The Hall–Kier alpha value is -2.62. The highest BCUT2D eigenvalue weighted by atomic mass is 35.5. The minimum Gasteiger partial charge on any atom is -0.481 e. The first kappa shape index (κ1) is 36.7. The van der Waals surface area contributed by atoms with E-state index in [9.17, 15) is 18.9 Å². The Morgan fingerprint density at radius 1 is 0.979 bits per heavy atom. The molecule has 1 aliphatic heterocycles. The average molecular weight is 719 g/mol. The van der Waals surface area contributed by atoms with Crippen molar-refractivity contribution < 1.29 is 23.7 Å². The van der Waals surface area contributed by atoms with Gasteiger partial charge in [-0.1, -0.05) is 82.1 Å². The number of hydrogen-bond acceptors (Lipinski definition) is 5. The van der Waals surface area contributed by atoms with Gasteiger partial charge in [0.1, 0.15) is 0 Å². The van der Waals surface area contributed by atoms with Crippen LogP contribution in [0.25, 0.3) is 0 Å². The van der Waals surface area contributed by atoms with Gasteiger partial charge in [0.25, 0.3) is 0 Å². The molecule has 3 N–H and O–H groups in total. The van der Waals surface area contributed by atoms with Crippen LogP contribution < -0.4 is 5.32 Å². The molecular weight excluding hydrogens is 669 g/mol. The highest BCUT2D eigenvalue weighted by Gasteiger charge is 2.56. The van der Waals surface area contributed by atoms with Crippen LogP contribution >= 0.6 is 23.2 Å². The topological polar surface area (TPSA) is 128 Å². The minimum atomic E-state index is -3.07. The van der Waals surface area contributed by atoms with Crippen molar-refractivity contribution >= 4 is 50.7 Å². The second-order valence-electron chi connectivity index (χ2n) is 15.5. The summed E-state index contributed by atoms with van der Waals surface area (Å²) >= 11 is 12.9. The second kappa shape index (κ2) is 13.6. The van der Waals surface area contributed by atoms with E-state index in [4.69, 9.17) is 28.0 Å². The molecule has 1 heterocycles. The van der Waals surface area contributed by atoms with Gasteiger partial charge in [0.2, 0.25) is 11.8 Å². The van der Waals surface area contributed by atoms with E-state index in [-0.39, 0.29) is 35.8 Å². The summed E-state index contributed by atoms with van der Waals surface area (Å²) in [6.07, 6.45) is 3.73. The summed E-state index contributed by atoms with van der Waals surface area (Å²) in [6.45, 7) is 9.39. The lowest BCUT2D eigenvalue weighted by atomic mass is 9.57. The van der Waals surface area contributed by atoms with Crippen LogP contribution in [0.1, 0.15) is 109 Å². The molecule has 48 heavy (non-hydrogen) atoms. The molecule has 0 radical (unpaired) electrons. The predicted octanol–water partition coefficient (Wildman–Crippen LogP) is 8.22. The van der Waals surface area contributed by atoms with E-state index in [0.717, 1.165) is 11.1 Å². The fourth-order valence-electron chi connectivity index (χ4n) is 8.34. The summed E-state index contributed by atoms with van der Waals surface area (Å²) in [5.41, 5.74) is -0.501. The van der Waals surface area contributed by atoms with Gasteiger partial charge in [-0.25, -0.2) is 4.21 Å². The number of piperidine rings is 1. The molecule has 0 aromatic heterocycles. The molecule has 2 amide bonds. The number of fused-ring (bicyclic) bond motifs is 3. The standard InChI is InChI=1S/C37H49Cl2N3O5S/c1-23(2)30(22-48(40,47)24(3)4)42-32(25-9-11-27(38)12-10-25)29(26-7-6-8-28(39)19-26)20-35(5,33(42)44)21-31(43)41-37-16-13-36(14-17-37,15-18-37)34(45)46/h6-12,19,23-24,29-30,32,40H,13-18,20-22H2,1-5H3,(H,41,43)(H,45,46)/t29-,30?,32-,35-,36?,37?,48?/m1/s1. The third kappa shape index (κ3) is 7.15. The van der Waals surface area contributed by atoms with Gasteiger partial charge in [0, 0.05) is 48.9 Å². The third-order valence-electron chi connectivity index (χ3n) is 11.6. The first-order valence-corrected chi connectivity index (χ1v) is 19.6. The lowest BCUT2D eigenvalue weighted by Crippen LogP contribution is -2.61. The molecule has 4 fully saturated rings. The summed E-state index contributed by atoms with van der Waals surface area (Å²) in [5, 5.41) is 13.9. The van der Waals surface area contributed by atoms with Crippen molar-refractivity contribution in [2.24, 2.45) is 16.7 Å². The Morgan fingerprint density at radius 2 is 1.58 bits per heavy atom. The molecule has 2 bridgehead atoms. The van der Waals surface area contributed by atoms with Gasteiger partial charge in [-0.15, -0.1) is 0 Å². The van der Waals surface area contributed by atoms with E-state index in [1.807, 2.05) is 62.1 Å². The van der Waals surface area contributed by atoms with Crippen molar-refractivity contribution in [3.05, 3.63) is 69.7 Å². The number of carboxylic acids is 1. The molecule has 2 aromatic carbocycles. The molecule has 5 atom stereocenters. The molecule has 6 rings (SSSR count). The highest BCUT2D eigenvalue weighted by molar-refractivity contribution is 7.93. The number of halogens is 2. The predicted molar refractivity (Wildman–Crippen MR) is 191 cm³/mol. The van der Waals surface area contributed by atoms with Crippen LogP contribution in [-0.2, 0) is 24.1 Å². The molecule has 262 valence electrons. The van der Waals surface area contributed by atoms with Gasteiger partial charge in [-0.3, -0.25) is 19.2 Å². The number of likely N-dealkylation sites (tertiary alicyclic amines) is 1. The maximum atomic E-state index is 15.1. The smallest absolute Gasteiger partial charge is 0.309 e. The van der Waals surface area contributed by atoms with Crippen LogP contribution in [0.5, 0.6) is 0 Å². The van der Waals surface area contributed by atoms with Crippen molar-refractivity contribution in [3.63, 3.8) is 0 Å². The van der Waals surface area contributed by atoms with Gasteiger partial charge in [0.15, 0.2) is 0 Å². The zero-order valence-electron chi connectivity index (χ0n) is 28.6. The lowest BCUT2D eigenvalue weighted by Gasteiger charge is -2.54. The maximum absolute atomic E-state index is 15.1. The van der Waals surface area contributed by atoms with Gasteiger partial charge in [-0.05, 0) is 86.3 Å². The van der Waals surface area contributed by atoms with Crippen LogP contribution in [-0.4, -0.2) is 54.6 Å². The molecule has 8 nitrogen and oxygen atoms in total. The normalized spacial score (nSPS) is 30.7. The SMILES string of the molecule is CC(C)C(CS(=N)(=O)C(C)C)N1C(=O)[C@@](C)(CC(=O)NC23CCC(C(=O)O)(CC2)CC3)C[C@H](c2cccc(Cl)c2)[C@H]1c1ccc(Cl)cc1. The largest absolute Gasteiger partial charge is 0.481 e. The zero-order chi connectivity index (χ0) is 35.2. The van der Waals surface area contributed by atoms with E-state index in [1.54, 1.807) is 26.0 Å². The van der Waals surface area contributed by atoms with E-state index in [1.165, 1.54) is 0 Å². The van der Waals surface area contributed by atoms with Crippen molar-refractivity contribution in [2.45, 2.75) is 115 Å². The van der Waals surface area contributed by atoms with Crippen LogP contribution in [0, 0.1) is 21.5 Å². The minimum absolute atomic E-state index is 0.0111. The van der Waals surface area contributed by atoms with E-state index in [0.29, 0.717) is 55.0 Å². The fourth-order valence-corrected chi connectivity index (χ4v) is 10.1. The number of benzene rings is 2. The Balaban J connectivity index is 1.57. The van der Waals surface area contributed by atoms with Gasteiger partial charge >= 0.3 is 5.97 Å². The number of rotatable bonds is 11. The summed E-state index contributed by atoms with van der Waals surface area (Å²) in [5.74, 6) is -1.58. The first-order valence-electron chi connectivity index (χ1n) is 17.0. The Bertz CT molecular complexity index is 1640. The number of aliphatic carboxylic acids is 1. The molecule has 4 aliphatic rings. The lowest BCUT2D eigenvalue weighted by molar-refractivity contribution is -0.160. The Kier molecular flexibility index (Phi) is 10.4. The molecule has 3 saturated carbocycles. The Labute approximate surface area is 295 Å². The molecule has 2 aromatic rings. The van der Waals surface area contributed by atoms with Crippen LogP contribution in [0.2, 0.25) is 10.0 Å². The first-order chi connectivity index (χ1) is 22.4. The second-order valence-corrected chi connectivity index (χ2v) is 19.1. The zero-order valence-corrected chi connectivity index (χ0v) is 30.9. The van der Waals surface area contributed by atoms with Crippen molar-refractivity contribution in [1.82, 2.24) is 10.2 Å². The van der Waals surface area contributed by atoms with Crippen LogP contribution in [0.3, 0.4) is 0 Å². The van der Waals surface area contributed by atoms with E-state index < -0.39 is 49.4 Å². The molecule has 3 aliphatic carbocycles. The highest BCUT2D eigenvalue weighted by Crippen LogP contribution is 2.54. The van der Waals surface area contributed by atoms with E-state index >= 15 is 4.79 Å². The van der Waals surface area contributed by atoms with Gasteiger partial charge in [-0.2, -0.15) is 0 Å². The van der Waals surface area contributed by atoms with Crippen molar-refractivity contribution in [1.29, 1.82) is 4.78 Å². The summed E-state index contributed by atoms with van der Waals surface area (Å²) in [4.78, 5) is 43.0. The third-order valence-corrected chi connectivity index (χ3v) is 14.4. The van der Waals surface area contributed by atoms with E-state index in [2.05, 4.69) is 5.32 Å². The number of carboxylic acid groups (broad SMARTS) is 1. The van der Waals surface area contributed by atoms with Crippen LogP contribution in [0.4, 0.5) is 0 Å². The summed E-state index contributed by atoms with van der Waals surface area (Å²) in [7, 11) is -3.07. The summed E-state index contributed by atoms with van der Waals surface area (Å²) in [6, 6.07) is 14.0. The molecule has 11 heteroatoms. The molecular formula is C37H49Cl2N3O5S. The summed E-state index contributed by atoms with van der Waals surface area (Å²) < 4.78 is 22.6. The number of hydrogen-bond donors (Lipinski definition) is 3. The number of nitrogens with one attached hydrogen (secondary N) is 2. The monoisotopic (exact) mass is 717 g/mol. The maximum Gasteiger partial charge on any atom is 0.309 e. The van der Waals surface area contributed by atoms with Gasteiger partial charge in [0.05, 0.1) is 22.6 Å². The van der Waals surface area contributed by atoms with Crippen molar-refractivity contribution in [3.8, 4) is 0 Å². The number of amides is 2. The van der Waals surface area contributed by atoms with Crippen molar-refractivity contribution in [2.75, 3.05) is 5.75 Å². The number of carbonyl (C=O) groups is 3. The number of carbonyl (C=O) groups excluding carboxylic acids is 2. The molecule has 0 spiro atoms. The van der Waals surface area contributed by atoms with Gasteiger partial charge < -0.3 is 15.3 Å². The average Bonchev–Trinajstić information content (AvgIpc) is 3.02. The molecule has 1 saturated heterocycles. The Morgan fingerprint density at radius 3 is 2.10 bits per heavy atom.